The van der Waals surface area contributed by atoms with E-state index in [-0.39, 0.29) is 24.2 Å². The van der Waals surface area contributed by atoms with E-state index in [1.54, 1.807) is 33.1 Å². The first-order valence-corrected chi connectivity index (χ1v) is 6.54. The first-order chi connectivity index (χ1) is 10.7. The minimum atomic E-state index is -4.56. The maximum Gasteiger partial charge on any atom is 0.433 e. The summed E-state index contributed by atoms with van der Waals surface area (Å²) in [4.78, 5) is 14.6. The van der Waals surface area contributed by atoms with Gasteiger partial charge in [-0.1, -0.05) is 0 Å². The molecule has 2 rings (SSSR count). The Morgan fingerprint density at radius 3 is 2.30 bits per heavy atom. The second-order valence-electron chi connectivity index (χ2n) is 5.06. The topological polar surface area (TPSA) is 83.2 Å². The number of aromatic nitrogens is 4. The van der Waals surface area contributed by atoms with E-state index in [1.165, 1.54) is 4.90 Å². The lowest BCUT2D eigenvalue weighted by Crippen LogP contribution is -2.17. The highest BCUT2D eigenvalue weighted by Crippen LogP contribution is 2.30. The molecular formula is C12H16F3N7O. The predicted octanol–water partition coefficient (Wildman–Crippen LogP) is 1.62. The predicted molar refractivity (Wildman–Crippen MR) is 77.3 cm³/mol. The van der Waals surface area contributed by atoms with Crippen molar-refractivity contribution in [3.63, 3.8) is 0 Å². The van der Waals surface area contributed by atoms with E-state index in [2.05, 4.69) is 25.4 Å². The smallest absolute Gasteiger partial charge is 0.363 e. The molecule has 0 aliphatic rings. The molecule has 0 fully saturated rings. The molecule has 2 heterocycles. The summed E-state index contributed by atoms with van der Waals surface area (Å²) in [5.74, 6) is 0.532. The highest BCUT2D eigenvalue weighted by molar-refractivity contribution is 5.44. The number of nitrogens with one attached hydrogen (secondary N) is 1. The lowest BCUT2D eigenvalue weighted by molar-refractivity contribution is -0.141. The molecule has 11 heteroatoms. The van der Waals surface area contributed by atoms with E-state index in [9.17, 15) is 13.2 Å². The number of alkyl halides is 3. The van der Waals surface area contributed by atoms with Gasteiger partial charge in [0.25, 0.3) is 5.95 Å². The van der Waals surface area contributed by atoms with E-state index in [0.717, 1.165) is 6.07 Å². The normalized spacial score (nSPS) is 11.4. The van der Waals surface area contributed by atoms with Gasteiger partial charge < -0.3 is 19.6 Å². The minimum Gasteiger partial charge on any atom is -0.363 e. The Morgan fingerprint density at radius 2 is 1.78 bits per heavy atom. The van der Waals surface area contributed by atoms with Crippen LogP contribution in [0.3, 0.4) is 0 Å². The number of hydrogen-bond donors (Lipinski definition) is 1. The first-order valence-electron chi connectivity index (χ1n) is 6.54. The van der Waals surface area contributed by atoms with Crippen LogP contribution in [0.5, 0.6) is 0 Å². The van der Waals surface area contributed by atoms with Gasteiger partial charge >= 0.3 is 6.18 Å². The van der Waals surface area contributed by atoms with Crippen molar-refractivity contribution >= 4 is 17.7 Å². The van der Waals surface area contributed by atoms with Gasteiger partial charge in [0.15, 0.2) is 5.69 Å². The Morgan fingerprint density at radius 1 is 1.09 bits per heavy atom. The summed E-state index contributed by atoms with van der Waals surface area (Å²) >= 11 is 0. The van der Waals surface area contributed by atoms with Gasteiger partial charge in [-0.3, -0.25) is 0 Å². The zero-order valence-corrected chi connectivity index (χ0v) is 13.0. The lowest BCUT2D eigenvalue weighted by atomic mass is 10.3. The molecule has 0 atom stereocenters. The fraction of sp³-hybridized carbons (Fsp3) is 0.500. The summed E-state index contributed by atoms with van der Waals surface area (Å²) in [5.41, 5.74) is -1.03. The molecule has 0 bridgehead atoms. The molecule has 8 nitrogen and oxygen atoms in total. The summed E-state index contributed by atoms with van der Waals surface area (Å²) in [5, 5.41) is 6.36. The Bertz CT molecular complexity index is 669. The molecule has 0 amide bonds. The van der Waals surface area contributed by atoms with Crippen molar-refractivity contribution in [2.24, 2.45) is 0 Å². The van der Waals surface area contributed by atoms with Crippen molar-refractivity contribution in [2.75, 3.05) is 43.3 Å². The van der Waals surface area contributed by atoms with Crippen molar-refractivity contribution in [2.45, 2.75) is 12.7 Å². The zero-order chi connectivity index (χ0) is 17.2. The Hall–Kier alpha value is -2.59. The van der Waals surface area contributed by atoms with E-state index in [0.29, 0.717) is 5.95 Å². The van der Waals surface area contributed by atoms with Crippen molar-refractivity contribution in [1.29, 1.82) is 0 Å². The summed E-state index contributed by atoms with van der Waals surface area (Å²) in [6.45, 7) is 0.00895. The van der Waals surface area contributed by atoms with E-state index < -0.39 is 11.9 Å². The van der Waals surface area contributed by atoms with Crippen LogP contribution in [0.4, 0.5) is 30.9 Å². The van der Waals surface area contributed by atoms with Crippen LogP contribution in [0.25, 0.3) is 0 Å². The maximum absolute atomic E-state index is 12.9. The van der Waals surface area contributed by atoms with Gasteiger partial charge in [0.05, 0.1) is 6.54 Å². The van der Waals surface area contributed by atoms with Gasteiger partial charge in [-0.2, -0.15) is 23.1 Å². The largest absolute Gasteiger partial charge is 0.433 e. The quantitative estimate of drug-likeness (QED) is 0.885. The average Bonchev–Trinajstić information content (AvgIpc) is 2.93. The molecule has 0 aliphatic carbocycles. The molecular weight excluding hydrogens is 315 g/mol. The molecule has 0 unspecified atom stereocenters. The summed E-state index contributed by atoms with van der Waals surface area (Å²) in [6.07, 6.45) is -4.56. The minimum absolute atomic E-state index is 0.00895. The second-order valence-corrected chi connectivity index (χ2v) is 5.06. The fourth-order valence-electron chi connectivity index (χ4n) is 1.54. The number of hydrogen-bond acceptors (Lipinski definition) is 8. The molecule has 0 aliphatic heterocycles. The van der Waals surface area contributed by atoms with Crippen molar-refractivity contribution in [3.8, 4) is 0 Å². The highest BCUT2D eigenvalue weighted by atomic mass is 19.4. The summed E-state index contributed by atoms with van der Waals surface area (Å²) in [7, 11) is 6.66. The van der Waals surface area contributed by atoms with Crippen LogP contribution < -0.4 is 15.1 Å². The molecule has 2 aromatic rings. The number of anilines is 3. The molecule has 0 saturated carbocycles. The Kier molecular flexibility index (Phi) is 4.57. The summed E-state index contributed by atoms with van der Waals surface area (Å²) < 4.78 is 43.6. The van der Waals surface area contributed by atoms with Gasteiger partial charge in [-0.25, -0.2) is 4.98 Å². The van der Waals surface area contributed by atoms with Gasteiger partial charge in [0.2, 0.25) is 11.8 Å². The van der Waals surface area contributed by atoms with Crippen LogP contribution in [0.2, 0.25) is 0 Å². The van der Waals surface area contributed by atoms with Crippen LogP contribution in [-0.4, -0.2) is 48.3 Å². The van der Waals surface area contributed by atoms with Crippen LogP contribution >= 0.6 is 0 Å². The SMILES string of the molecule is CN(C)c1cc(C(F)(F)F)nc(NCc2nc(N(C)C)no2)n1. The number of rotatable bonds is 5. The van der Waals surface area contributed by atoms with Gasteiger partial charge in [0, 0.05) is 34.3 Å². The average molecular weight is 331 g/mol. The Balaban J connectivity index is 2.19. The molecule has 0 aromatic carbocycles. The third kappa shape index (κ3) is 4.20. The zero-order valence-electron chi connectivity index (χ0n) is 13.0. The van der Waals surface area contributed by atoms with Crippen LogP contribution in [0.15, 0.2) is 10.6 Å². The van der Waals surface area contributed by atoms with Crippen molar-refractivity contribution < 1.29 is 17.7 Å². The highest BCUT2D eigenvalue weighted by Gasteiger charge is 2.34. The van der Waals surface area contributed by atoms with Crippen LogP contribution in [-0.2, 0) is 12.7 Å². The molecule has 2 aromatic heterocycles. The lowest BCUT2D eigenvalue weighted by Gasteiger charge is -2.15. The van der Waals surface area contributed by atoms with E-state index >= 15 is 0 Å². The molecule has 0 saturated heterocycles. The first kappa shape index (κ1) is 16.8. The van der Waals surface area contributed by atoms with E-state index in [1.807, 2.05) is 0 Å². The number of nitrogens with zero attached hydrogens (tertiary/aromatic N) is 6. The number of halogens is 3. The molecule has 0 spiro atoms. The summed E-state index contributed by atoms with van der Waals surface area (Å²) in [6, 6.07) is 0.877. The molecule has 0 radical (unpaired) electrons. The van der Waals surface area contributed by atoms with Crippen molar-refractivity contribution in [3.05, 3.63) is 17.7 Å². The Labute approximate surface area is 130 Å². The molecule has 23 heavy (non-hydrogen) atoms. The van der Waals surface area contributed by atoms with E-state index in [4.69, 9.17) is 4.52 Å². The van der Waals surface area contributed by atoms with Crippen LogP contribution in [0.1, 0.15) is 11.6 Å². The van der Waals surface area contributed by atoms with Gasteiger partial charge in [0.1, 0.15) is 5.82 Å². The molecule has 1 N–H and O–H groups in total. The second kappa shape index (κ2) is 6.26. The maximum atomic E-state index is 12.9. The van der Waals surface area contributed by atoms with Crippen LogP contribution in [0, 0.1) is 0 Å². The van der Waals surface area contributed by atoms with Crippen molar-refractivity contribution in [1.82, 2.24) is 20.1 Å². The monoisotopic (exact) mass is 331 g/mol. The standard InChI is InChI=1S/C12H16F3N7O/c1-21(2)8-5-7(12(13,14)15)17-10(18-8)16-6-9-19-11(20-23-9)22(3)4/h5H,6H2,1-4H3,(H,16,17,18). The van der Waals surface area contributed by atoms with Gasteiger partial charge in [-0.05, 0) is 5.16 Å². The fourth-order valence-corrected chi connectivity index (χ4v) is 1.54. The molecule has 126 valence electrons. The third-order valence-corrected chi connectivity index (χ3v) is 2.72. The van der Waals surface area contributed by atoms with Gasteiger partial charge in [-0.15, -0.1) is 0 Å². The third-order valence-electron chi connectivity index (χ3n) is 2.72.